The number of nitrogens with one attached hydrogen (secondary N) is 1. The van der Waals surface area contributed by atoms with Crippen LogP contribution in [-0.2, 0) is 17.9 Å². The number of aryl methyl sites for hydroxylation is 3. The molecule has 7 nitrogen and oxygen atoms in total. The minimum Gasteiger partial charge on any atom is -0.310 e. The number of nitrogens with zero attached hydrogens (tertiary/aromatic N) is 4. The van der Waals surface area contributed by atoms with Crippen LogP contribution >= 0.6 is 0 Å². The Morgan fingerprint density at radius 2 is 1.96 bits per heavy atom. The summed E-state index contributed by atoms with van der Waals surface area (Å²) >= 11 is 0. The monoisotopic (exact) mass is 375 g/mol. The van der Waals surface area contributed by atoms with Gasteiger partial charge in [0.1, 0.15) is 0 Å². The van der Waals surface area contributed by atoms with Crippen LogP contribution in [-0.4, -0.2) is 25.0 Å². The van der Waals surface area contributed by atoms with Gasteiger partial charge < -0.3 is 4.57 Å². The second-order valence-electron chi connectivity index (χ2n) is 6.68. The minimum absolute atomic E-state index is 0.137. The van der Waals surface area contributed by atoms with Gasteiger partial charge in [-0.2, -0.15) is 0 Å². The molecule has 0 saturated heterocycles. The van der Waals surface area contributed by atoms with Gasteiger partial charge in [0.05, 0.1) is 28.3 Å². The Balaban J connectivity index is 1.52. The molecule has 0 aliphatic rings. The lowest BCUT2D eigenvalue weighted by Gasteiger charge is -2.09. The highest BCUT2D eigenvalue weighted by Gasteiger charge is 2.13. The molecule has 0 radical (unpaired) electrons. The van der Waals surface area contributed by atoms with Crippen molar-refractivity contribution in [3.8, 4) is 0 Å². The zero-order valence-electron chi connectivity index (χ0n) is 15.8. The van der Waals surface area contributed by atoms with E-state index in [0.717, 1.165) is 16.6 Å². The van der Waals surface area contributed by atoms with Crippen molar-refractivity contribution in [3.63, 3.8) is 0 Å². The van der Waals surface area contributed by atoms with Crippen molar-refractivity contribution in [2.75, 3.05) is 5.32 Å². The summed E-state index contributed by atoms with van der Waals surface area (Å²) in [5, 5.41) is 3.43. The van der Waals surface area contributed by atoms with Gasteiger partial charge in [-0.3, -0.25) is 19.5 Å². The summed E-state index contributed by atoms with van der Waals surface area (Å²) in [5.74, 6) is 0.328. The molecule has 0 atom stereocenters. The maximum Gasteiger partial charge on any atom is 0.261 e. The second-order valence-corrected chi connectivity index (χ2v) is 6.68. The molecule has 0 saturated carbocycles. The van der Waals surface area contributed by atoms with Gasteiger partial charge >= 0.3 is 0 Å². The van der Waals surface area contributed by atoms with E-state index in [0.29, 0.717) is 23.4 Å². The van der Waals surface area contributed by atoms with Gasteiger partial charge in [-0.15, -0.1) is 0 Å². The molecule has 0 bridgehead atoms. The molecule has 0 spiro atoms. The zero-order valence-corrected chi connectivity index (χ0v) is 15.8. The molecule has 0 aliphatic carbocycles. The number of carbonyl (C=O) groups excluding carboxylic acids is 1. The fourth-order valence-corrected chi connectivity index (χ4v) is 3.40. The van der Waals surface area contributed by atoms with Gasteiger partial charge in [-0.1, -0.05) is 24.3 Å². The number of hydrogen-bond donors (Lipinski definition) is 1. The van der Waals surface area contributed by atoms with E-state index in [9.17, 15) is 9.59 Å². The Kier molecular flexibility index (Phi) is 4.65. The van der Waals surface area contributed by atoms with E-state index < -0.39 is 0 Å². The SMILES string of the molecule is CCn1c(NC(=O)CCn2cnc3c(C)cccc3c2=O)nc2ccccc21. The number of benzene rings is 2. The van der Waals surface area contributed by atoms with Crippen LogP contribution in [0.15, 0.2) is 53.6 Å². The second kappa shape index (κ2) is 7.26. The maximum absolute atomic E-state index is 12.6. The molecule has 1 amide bonds. The van der Waals surface area contributed by atoms with E-state index in [-0.39, 0.29) is 24.4 Å². The lowest BCUT2D eigenvalue weighted by atomic mass is 10.1. The van der Waals surface area contributed by atoms with E-state index in [1.54, 1.807) is 6.07 Å². The van der Waals surface area contributed by atoms with Crippen molar-refractivity contribution in [3.05, 3.63) is 64.7 Å². The number of aromatic nitrogens is 4. The number of fused-ring (bicyclic) bond motifs is 2. The Hall–Kier alpha value is -3.48. The lowest BCUT2D eigenvalue weighted by molar-refractivity contribution is -0.116. The van der Waals surface area contributed by atoms with Crippen LogP contribution in [0.1, 0.15) is 18.9 Å². The summed E-state index contributed by atoms with van der Waals surface area (Å²) in [5.41, 5.74) is 3.33. The Bertz CT molecular complexity index is 1240. The van der Waals surface area contributed by atoms with E-state index in [1.165, 1.54) is 10.9 Å². The third-order valence-electron chi connectivity index (χ3n) is 4.86. The zero-order chi connectivity index (χ0) is 19.7. The predicted octanol–water partition coefficient (Wildman–Crippen LogP) is 3.10. The number of anilines is 1. The molecule has 4 rings (SSSR count). The number of carbonyl (C=O) groups is 1. The molecular weight excluding hydrogens is 354 g/mol. The molecule has 1 N–H and O–H groups in total. The molecule has 0 aliphatic heterocycles. The molecule has 7 heteroatoms. The Labute approximate surface area is 161 Å². The molecule has 2 aromatic heterocycles. The summed E-state index contributed by atoms with van der Waals surface area (Å²) < 4.78 is 3.43. The quantitative estimate of drug-likeness (QED) is 0.581. The van der Waals surface area contributed by atoms with Crippen LogP contribution in [0.3, 0.4) is 0 Å². The minimum atomic E-state index is -0.193. The summed E-state index contributed by atoms with van der Waals surface area (Å²) in [6, 6.07) is 13.3. The highest BCUT2D eigenvalue weighted by molar-refractivity contribution is 5.91. The summed E-state index contributed by atoms with van der Waals surface area (Å²) in [6.45, 7) is 4.88. The fourth-order valence-electron chi connectivity index (χ4n) is 3.40. The number of imidazole rings is 1. The molecule has 28 heavy (non-hydrogen) atoms. The largest absolute Gasteiger partial charge is 0.310 e. The number of para-hydroxylation sites is 3. The highest BCUT2D eigenvalue weighted by Crippen LogP contribution is 2.19. The van der Waals surface area contributed by atoms with Crippen molar-refractivity contribution in [1.29, 1.82) is 0 Å². The van der Waals surface area contributed by atoms with E-state index in [1.807, 2.05) is 54.8 Å². The van der Waals surface area contributed by atoms with Crippen molar-refractivity contribution < 1.29 is 4.79 Å². The average molecular weight is 375 g/mol. The van der Waals surface area contributed by atoms with E-state index >= 15 is 0 Å². The molecule has 2 heterocycles. The van der Waals surface area contributed by atoms with Crippen LogP contribution in [0.4, 0.5) is 5.95 Å². The third kappa shape index (κ3) is 3.15. The molecule has 4 aromatic rings. The van der Waals surface area contributed by atoms with Gasteiger partial charge in [-0.05, 0) is 37.6 Å². The fraction of sp³-hybridized carbons (Fsp3) is 0.238. The van der Waals surface area contributed by atoms with E-state index in [4.69, 9.17) is 0 Å². The van der Waals surface area contributed by atoms with Crippen LogP contribution in [0.5, 0.6) is 0 Å². The first kappa shape index (κ1) is 17.9. The molecule has 142 valence electrons. The van der Waals surface area contributed by atoms with Gasteiger partial charge in [0.2, 0.25) is 11.9 Å². The van der Waals surface area contributed by atoms with Crippen molar-refractivity contribution in [2.24, 2.45) is 0 Å². The van der Waals surface area contributed by atoms with Crippen LogP contribution in [0, 0.1) is 6.92 Å². The van der Waals surface area contributed by atoms with Gasteiger partial charge in [0, 0.05) is 19.5 Å². The summed E-state index contributed by atoms with van der Waals surface area (Å²) in [7, 11) is 0. The Morgan fingerprint density at radius 3 is 2.79 bits per heavy atom. The summed E-state index contributed by atoms with van der Waals surface area (Å²) in [6.07, 6.45) is 1.66. The summed E-state index contributed by atoms with van der Waals surface area (Å²) in [4.78, 5) is 34.0. The standard InChI is InChI=1S/C21H21N5O2/c1-3-26-17-10-5-4-9-16(17)23-21(26)24-18(27)11-12-25-13-22-19-14(2)7-6-8-15(19)20(25)28/h4-10,13H,3,11-12H2,1-2H3,(H,23,24,27). The van der Waals surface area contributed by atoms with Gasteiger partial charge in [0.15, 0.2) is 0 Å². The number of amides is 1. The van der Waals surface area contributed by atoms with Crippen molar-refractivity contribution in [1.82, 2.24) is 19.1 Å². The molecule has 2 aromatic carbocycles. The number of rotatable bonds is 5. The predicted molar refractivity (Wildman–Crippen MR) is 109 cm³/mol. The van der Waals surface area contributed by atoms with Crippen molar-refractivity contribution in [2.45, 2.75) is 33.4 Å². The third-order valence-corrected chi connectivity index (χ3v) is 4.86. The molecular formula is C21H21N5O2. The van der Waals surface area contributed by atoms with Crippen LogP contribution in [0.2, 0.25) is 0 Å². The first-order valence-electron chi connectivity index (χ1n) is 9.28. The molecule has 0 unspecified atom stereocenters. The maximum atomic E-state index is 12.6. The average Bonchev–Trinajstić information content (AvgIpc) is 3.05. The normalized spacial score (nSPS) is 11.2. The first-order chi connectivity index (χ1) is 13.6. The van der Waals surface area contributed by atoms with Gasteiger partial charge in [-0.25, -0.2) is 9.97 Å². The van der Waals surface area contributed by atoms with Gasteiger partial charge in [0.25, 0.3) is 5.56 Å². The Morgan fingerprint density at radius 1 is 1.14 bits per heavy atom. The number of hydrogen-bond acceptors (Lipinski definition) is 4. The lowest BCUT2D eigenvalue weighted by Crippen LogP contribution is -2.24. The highest BCUT2D eigenvalue weighted by atomic mass is 16.2. The van der Waals surface area contributed by atoms with Crippen LogP contribution < -0.4 is 10.9 Å². The van der Waals surface area contributed by atoms with E-state index in [2.05, 4.69) is 15.3 Å². The smallest absolute Gasteiger partial charge is 0.261 e. The topological polar surface area (TPSA) is 81.8 Å². The van der Waals surface area contributed by atoms with Crippen molar-refractivity contribution >= 4 is 33.8 Å². The first-order valence-corrected chi connectivity index (χ1v) is 9.28. The van der Waals surface area contributed by atoms with Crippen LogP contribution in [0.25, 0.3) is 21.9 Å². The molecule has 0 fully saturated rings.